The zero-order chi connectivity index (χ0) is 23.1. The van der Waals surface area contributed by atoms with E-state index in [9.17, 15) is 24.2 Å². The second-order valence-corrected chi connectivity index (χ2v) is 8.26. The number of fused-ring (bicyclic) bond motifs is 4. The predicted molar refractivity (Wildman–Crippen MR) is 113 cm³/mol. The number of hydrogen-bond acceptors (Lipinski definition) is 6. The predicted octanol–water partition coefficient (Wildman–Crippen LogP) is 4.13. The van der Waals surface area contributed by atoms with Crippen molar-refractivity contribution in [3.8, 4) is 22.9 Å². The average molecular weight is 434 g/mol. The fourth-order valence-corrected chi connectivity index (χ4v) is 4.59. The Morgan fingerprint density at radius 3 is 2.59 bits per heavy atom. The van der Waals surface area contributed by atoms with E-state index >= 15 is 0 Å². The Kier molecular flexibility index (Phi) is 3.93. The number of phenolic OH excluding ortho intramolecular Hbond substituents is 2. The number of carbonyl (C=O) groups excluding carboxylic acids is 2. The van der Waals surface area contributed by atoms with Crippen LogP contribution in [0.5, 0.6) is 17.2 Å². The largest absolute Gasteiger partial charge is 0.507 e. The Hall–Kier alpha value is -3.94. The van der Waals surface area contributed by atoms with Gasteiger partial charge in [-0.3, -0.25) is 9.59 Å². The zero-order valence-electron chi connectivity index (χ0n) is 17.8. The van der Waals surface area contributed by atoms with Crippen LogP contribution in [0.4, 0.5) is 4.39 Å². The second-order valence-electron chi connectivity index (χ2n) is 8.26. The molecule has 2 aromatic carbocycles. The van der Waals surface area contributed by atoms with Crippen LogP contribution in [0, 0.1) is 19.7 Å². The van der Waals surface area contributed by atoms with Gasteiger partial charge in [-0.1, -0.05) is 6.07 Å². The van der Waals surface area contributed by atoms with Crippen LogP contribution in [-0.4, -0.2) is 31.6 Å². The highest BCUT2D eigenvalue weighted by atomic mass is 19.1. The second kappa shape index (κ2) is 6.29. The van der Waals surface area contributed by atoms with Gasteiger partial charge in [0.2, 0.25) is 0 Å². The van der Waals surface area contributed by atoms with Crippen molar-refractivity contribution < 1.29 is 28.9 Å². The van der Waals surface area contributed by atoms with E-state index in [1.807, 2.05) is 0 Å². The van der Waals surface area contributed by atoms with Gasteiger partial charge in [-0.2, -0.15) is 5.10 Å². The van der Waals surface area contributed by atoms with Crippen LogP contribution in [0.1, 0.15) is 57.1 Å². The minimum absolute atomic E-state index is 0.0340. The third kappa shape index (κ3) is 2.32. The van der Waals surface area contributed by atoms with E-state index in [2.05, 4.69) is 5.10 Å². The summed E-state index contributed by atoms with van der Waals surface area (Å²) in [5.41, 5.74) is 0.292. The van der Waals surface area contributed by atoms with Gasteiger partial charge in [0.05, 0.1) is 28.2 Å². The Morgan fingerprint density at radius 2 is 1.94 bits per heavy atom. The Bertz CT molecular complexity index is 1420. The third-order valence-corrected chi connectivity index (χ3v) is 6.29. The van der Waals surface area contributed by atoms with Crippen LogP contribution in [0.3, 0.4) is 0 Å². The summed E-state index contributed by atoms with van der Waals surface area (Å²) in [4.78, 5) is 26.1. The summed E-state index contributed by atoms with van der Waals surface area (Å²) in [5, 5.41) is 25.8. The SMILES string of the molecule is CC(=O)c1c(O)c(C)c(O)c2c1OC1=Cc3c(c(C)nn3-c3cccc(F)c3)C(=O)[C@@]12C. The summed E-state index contributed by atoms with van der Waals surface area (Å²) in [6.07, 6.45) is 1.61. The summed E-state index contributed by atoms with van der Waals surface area (Å²) in [6.45, 7) is 6.02. The lowest BCUT2D eigenvalue weighted by Crippen LogP contribution is -2.36. The number of Topliss-reactive ketones (excluding diaryl/α,β-unsaturated/α-hetero) is 2. The molecular weight excluding hydrogens is 415 g/mol. The molecule has 2 aliphatic rings. The minimum atomic E-state index is -1.42. The molecule has 0 saturated heterocycles. The Balaban J connectivity index is 1.81. The first-order valence-corrected chi connectivity index (χ1v) is 9.97. The smallest absolute Gasteiger partial charge is 0.185 e. The van der Waals surface area contributed by atoms with Gasteiger partial charge in [0.15, 0.2) is 11.6 Å². The number of rotatable bonds is 2. The number of aromatic hydroxyl groups is 2. The fraction of sp³-hybridized carbons (Fsp3) is 0.208. The van der Waals surface area contributed by atoms with E-state index in [1.165, 1.54) is 30.7 Å². The van der Waals surface area contributed by atoms with Gasteiger partial charge in [-0.25, -0.2) is 9.07 Å². The summed E-state index contributed by atoms with van der Waals surface area (Å²) >= 11 is 0. The molecule has 7 nitrogen and oxygen atoms in total. The molecule has 5 rings (SSSR count). The van der Waals surface area contributed by atoms with E-state index < -0.39 is 17.0 Å². The molecule has 8 heteroatoms. The molecule has 2 heterocycles. The molecule has 2 N–H and O–H groups in total. The van der Waals surface area contributed by atoms with E-state index in [1.54, 1.807) is 32.1 Å². The van der Waals surface area contributed by atoms with Crippen LogP contribution >= 0.6 is 0 Å². The molecule has 0 saturated carbocycles. The first-order valence-electron chi connectivity index (χ1n) is 9.97. The molecule has 0 amide bonds. The monoisotopic (exact) mass is 434 g/mol. The first-order chi connectivity index (χ1) is 15.1. The number of halogens is 1. The summed E-state index contributed by atoms with van der Waals surface area (Å²) in [5.74, 6) is -1.83. The van der Waals surface area contributed by atoms with E-state index in [0.717, 1.165) is 0 Å². The highest BCUT2D eigenvalue weighted by Crippen LogP contribution is 2.58. The zero-order valence-corrected chi connectivity index (χ0v) is 17.8. The normalized spacial score (nSPS) is 18.5. The molecule has 32 heavy (non-hydrogen) atoms. The molecule has 1 aliphatic heterocycles. The van der Waals surface area contributed by atoms with Crippen LogP contribution in [0.25, 0.3) is 11.8 Å². The van der Waals surface area contributed by atoms with Gasteiger partial charge in [-0.05, 0) is 45.9 Å². The topological polar surface area (TPSA) is 102 Å². The number of nitrogens with zero attached hydrogens (tertiary/aromatic N) is 2. The molecular formula is C24H19FN2O5. The lowest BCUT2D eigenvalue weighted by Gasteiger charge is -2.27. The molecule has 1 atom stereocenters. The van der Waals surface area contributed by atoms with E-state index in [4.69, 9.17) is 4.74 Å². The number of carbonyl (C=O) groups is 2. The minimum Gasteiger partial charge on any atom is -0.507 e. The van der Waals surface area contributed by atoms with Crippen LogP contribution in [-0.2, 0) is 5.41 Å². The summed E-state index contributed by atoms with van der Waals surface area (Å²) in [7, 11) is 0. The molecule has 1 aliphatic carbocycles. The van der Waals surface area contributed by atoms with Crippen molar-refractivity contribution >= 4 is 17.6 Å². The highest BCUT2D eigenvalue weighted by molar-refractivity contribution is 6.14. The number of hydrogen-bond donors (Lipinski definition) is 2. The van der Waals surface area contributed by atoms with Crippen LogP contribution in [0.2, 0.25) is 0 Å². The summed E-state index contributed by atoms with van der Waals surface area (Å²) in [6, 6.07) is 5.82. The van der Waals surface area contributed by atoms with Gasteiger partial charge < -0.3 is 14.9 Å². The van der Waals surface area contributed by atoms with E-state index in [-0.39, 0.29) is 45.5 Å². The summed E-state index contributed by atoms with van der Waals surface area (Å²) < 4.78 is 21.2. The lowest BCUT2D eigenvalue weighted by atomic mass is 9.71. The van der Waals surface area contributed by atoms with Gasteiger partial charge in [0, 0.05) is 11.6 Å². The maximum atomic E-state index is 13.8. The van der Waals surface area contributed by atoms with Crippen molar-refractivity contribution in [2.75, 3.05) is 0 Å². The van der Waals surface area contributed by atoms with Gasteiger partial charge >= 0.3 is 0 Å². The molecule has 1 aromatic heterocycles. The fourth-order valence-electron chi connectivity index (χ4n) is 4.59. The lowest BCUT2D eigenvalue weighted by molar-refractivity contribution is 0.0905. The Labute approximate surface area is 182 Å². The number of aromatic nitrogens is 2. The van der Waals surface area contributed by atoms with Crippen molar-refractivity contribution in [1.82, 2.24) is 9.78 Å². The first kappa shape index (κ1) is 20.0. The Morgan fingerprint density at radius 1 is 1.22 bits per heavy atom. The van der Waals surface area contributed by atoms with Crippen molar-refractivity contribution in [2.24, 2.45) is 0 Å². The number of ether oxygens (including phenoxy) is 1. The van der Waals surface area contributed by atoms with Crippen LogP contribution < -0.4 is 4.74 Å². The van der Waals surface area contributed by atoms with Crippen molar-refractivity contribution in [3.05, 3.63) is 69.5 Å². The van der Waals surface area contributed by atoms with Crippen LogP contribution in [0.15, 0.2) is 30.0 Å². The number of benzene rings is 2. The molecule has 0 spiro atoms. The molecule has 162 valence electrons. The number of aryl methyl sites for hydroxylation is 1. The maximum absolute atomic E-state index is 13.8. The molecule has 0 fully saturated rings. The molecule has 0 bridgehead atoms. The third-order valence-electron chi connectivity index (χ3n) is 6.29. The van der Waals surface area contributed by atoms with Gasteiger partial charge in [-0.15, -0.1) is 0 Å². The maximum Gasteiger partial charge on any atom is 0.185 e. The van der Waals surface area contributed by atoms with Crippen molar-refractivity contribution in [1.29, 1.82) is 0 Å². The molecule has 3 aromatic rings. The number of allylic oxidation sites excluding steroid dienone is 1. The van der Waals surface area contributed by atoms with Crippen molar-refractivity contribution in [3.63, 3.8) is 0 Å². The average Bonchev–Trinajstić information content (AvgIpc) is 3.21. The van der Waals surface area contributed by atoms with Gasteiger partial charge in [0.1, 0.15) is 39.8 Å². The van der Waals surface area contributed by atoms with Gasteiger partial charge in [0.25, 0.3) is 0 Å². The molecule has 0 radical (unpaired) electrons. The number of phenols is 2. The van der Waals surface area contributed by atoms with E-state index in [0.29, 0.717) is 22.6 Å². The number of ketones is 2. The quantitative estimate of drug-likeness (QED) is 0.588. The standard InChI is InChI=1S/C24H19FN2O5/c1-10-20(29)18(12(3)28)22-19(21(10)30)24(4)16(32-22)9-15-17(23(24)31)11(2)26-27(15)14-7-5-6-13(25)8-14/h5-9,29-30H,1-4H3/t24-/m0/s1. The molecule has 0 unspecified atom stereocenters. The highest BCUT2D eigenvalue weighted by Gasteiger charge is 2.55. The van der Waals surface area contributed by atoms with Crippen molar-refractivity contribution in [2.45, 2.75) is 33.1 Å².